The molecule has 0 saturated heterocycles. The first-order chi connectivity index (χ1) is 15.6. The molecule has 1 N–H and O–H groups in total. The Kier molecular flexibility index (Phi) is 8.60. The molecule has 33 heavy (non-hydrogen) atoms. The zero-order valence-corrected chi connectivity index (χ0v) is 20.2. The van der Waals surface area contributed by atoms with Gasteiger partial charge in [0.2, 0.25) is 15.8 Å². The van der Waals surface area contributed by atoms with Crippen LogP contribution in [0.15, 0.2) is 40.3 Å². The second-order valence-electron chi connectivity index (χ2n) is 6.75. The van der Waals surface area contributed by atoms with Gasteiger partial charge in [0.05, 0.1) is 37.7 Å². The molecule has 2 aromatic rings. The molecule has 0 atom stereocenters. The van der Waals surface area contributed by atoms with Crippen LogP contribution in [0.4, 0.5) is 11.4 Å². The van der Waals surface area contributed by atoms with Crippen molar-refractivity contribution in [2.45, 2.75) is 25.7 Å². The molecule has 0 radical (unpaired) electrons. The van der Waals surface area contributed by atoms with Gasteiger partial charge in [-0.1, -0.05) is 13.8 Å². The Hall–Kier alpha value is -3.38. The van der Waals surface area contributed by atoms with Crippen LogP contribution >= 0.6 is 0 Å². The largest absolute Gasteiger partial charge is 0.493 e. The van der Waals surface area contributed by atoms with Crippen molar-refractivity contribution in [3.63, 3.8) is 0 Å². The summed E-state index contributed by atoms with van der Waals surface area (Å²) < 4.78 is 43.5. The molecule has 0 bridgehead atoms. The van der Waals surface area contributed by atoms with Crippen LogP contribution in [0.25, 0.3) is 0 Å². The van der Waals surface area contributed by atoms with Crippen LogP contribution in [0.2, 0.25) is 0 Å². The van der Waals surface area contributed by atoms with Crippen molar-refractivity contribution in [2.75, 3.05) is 39.8 Å². The van der Waals surface area contributed by atoms with Crippen LogP contribution in [0.3, 0.4) is 0 Å². The molecule has 0 saturated carbocycles. The Morgan fingerprint density at radius 2 is 1.64 bits per heavy atom. The summed E-state index contributed by atoms with van der Waals surface area (Å²) in [4.78, 5) is 10.4. The van der Waals surface area contributed by atoms with Gasteiger partial charge in [0.1, 0.15) is 4.90 Å². The number of nitro groups is 1. The zero-order chi connectivity index (χ0) is 24.8. The maximum absolute atomic E-state index is 13.1. The smallest absolute Gasteiger partial charge is 0.270 e. The number of rotatable bonds is 11. The minimum absolute atomic E-state index is 0.110. The Labute approximate surface area is 193 Å². The molecule has 180 valence electrons. The van der Waals surface area contributed by atoms with Crippen LogP contribution in [0, 0.1) is 10.1 Å². The lowest BCUT2D eigenvalue weighted by Crippen LogP contribution is -2.31. The van der Waals surface area contributed by atoms with E-state index in [0.717, 1.165) is 6.07 Å². The fraction of sp³-hybridized carbons (Fsp3) is 0.381. The fourth-order valence-electron chi connectivity index (χ4n) is 3.13. The first-order valence-electron chi connectivity index (χ1n) is 10.0. The fourth-order valence-corrected chi connectivity index (χ4v) is 4.75. The van der Waals surface area contributed by atoms with E-state index in [1.807, 2.05) is 0 Å². The number of nitrogens with one attached hydrogen (secondary N) is 1. The number of benzene rings is 2. The number of methoxy groups -OCH3 is 3. The SMILES string of the molecule is CCN(CC)S(=O)(=O)c1cc([N+](=O)[O-])ccc1N/N=C(\C)c1cc(OC)c(OC)c(OC)c1. The topological polar surface area (TPSA) is 133 Å². The molecule has 0 fully saturated rings. The second kappa shape index (κ2) is 11.0. The van der Waals surface area contributed by atoms with Gasteiger partial charge in [-0.15, -0.1) is 0 Å². The number of hydrogen-bond acceptors (Lipinski definition) is 9. The standard InChI is InChI=1S/C21H28N4O7S/c1-7-24(8-2)33(28,29)20-13-16(25(26)27)9-10-17(20)23-22-14(3)15-11-18(30-4)21(32-6)19(12-15)31-5/h9-13,23H,7-8H2,1-6H3/b22-14+. The molecular formula is C21H28N4O7S. The van der Waals surface area contributed by atoms with Crippen LogP contribution in [-0.4, -0.2) is 57.8 Å². The predicted octanol–water partition coefficient (Wildman–Crippen LogP) is 3.49. The molecule has 0 aliphatic heterocycles. The minimum atomic E-state index is -3.99. The summed E-state index contributed by atoms with van der Waals surface area (Å²) in [6.07, 6.45) is 0. The van der Waals surface area contributed by atoms with Gasteiger partial charge in [0.15, 0.2) is 11.5 Å². The Bertz CT molecular complexity index is 1120. The molecule has 0 aromatic heterocycles. The van der Waals surface area contributed by atoms with Gasteiger partial charge in [0.25, 0.3) is 5.69 Å². The molecule has 11 nitrogen and oxygen atoms in total. The summed E-state index contributed by atoms with van der Waals surface area (Å²) in [6.45, 7) is 5.53. The van der Waals surface area contributed by atoms with Gasteiger partial charge in [-0.25, -0.2) is 8.42 Å². The van der Waals surface area contributed by atoms with Crippen molar-refractivity contribution in [3.05, 3.63) is 46.0 Å². The van der Waals surface area contributed by atoms with E-state index >= 15 is 0 Å². The molecule has 0 aliphatic carbocycles. The summed E-state index contributed by atoms with van der Waals surface area (Å²) in [5.74, 6) is 1.29. The summed E-state index contributed by atoms with van der Waals surface area (Å²) in [5, 5.41) is 15.5. The summed E-state index contributed by atoms with van der Waals surface area (Å²) in [7, 11) is 0.491. The van der Waals surface area contributed by atoms with Gasteiger partial charge in [-0.3, -0.25) is 15.5 Å². The van der Waals surface area contributed by atoms with E-state index in [1.165, 1.54) is 37.8 Å². The van der Waals surface area contributed by atoms with Gasteiger partial charge in [-0.05, 0) is 25.1 Å². The number of ether oxygens (including phenoxy) is 3. The number of hydrazone groups is 1. The molecule has 12 heteroatoms. The van der Waals surface area contributed by atoms with E-state index < -0.39 is 14.9 Å². The number of non-ortho nitro benzene ring substituents is 1. The maximum atomic E-state index is 13.1. The molecule has 0 amide bonds. The minimum Gasteiger partial charge on any atom is -0.493 e. The highest BCUT2D eigenvalue weighted by Gasteiger charge is 2.27. The van der Waals surface area contributed by atoms with Crippen LogP contribution in [0.5, 0.6) is 17.2 Å². The lowest BCUT2D eigenvalue weighted by Gasteiger charge is -2.20. The van der Waals surface area contributed by atoms with E-state index in [2.05, 4.69) is 10.5 Å². The highest BCUT2D eigenvalue weighted by Crippen LogP contribution is 2.38. The van der Waals surface area contributed by atoms with Crippen molar-refractivity contribution in [3.8, 4) is 17.2 Å². The number of sulfonamides is 1. The van der Waals surface area contributed by atoms with Gasteiger partial charge in [-0.2, -0.15) is 9.41 Å². The average Bonchev–Trinajstić information content (AvgIpc) is 2.81. The van der Waals surface area contributed by atoms with E-state index in [4.69, 9.17) is 14.2 Å². The number of nitrogens with zero attached hydrogens (tertiary/aromatic N) is 3. The molecule has 2 rings (SSSR count). The highest BCUT2D eigenvalue weighted by molar-refractivity contribution is 7.89. The van der Waals surface area contributed by atoms with Gasteiger partial charge < -0.3 is 14.2 Å². The number of anilines is 1. The molecule has 2 aromatic carbocycles. The van der Waals surface area contributed by atoms with E-state index in [1.54, 1.807) is 32.9 Å². The lowest BCUT2D eigenvalue weighted by molar-refractivity contribution is -0.385. The first kappa shape index (κ1) is 25.9. The zero-order valence-electron chi connectivity index (χ0n) is 19.4. The van der Waals surface area contributed by atoms with Crippen molar-refractivity contribution < 1.29 is 27.6 Å². The molecule has 0 unspecified atom stereocenters. The third kappa shape index (κ3) is 5.52. The number of nitro benzene ring substituents is 1. The molecule has 0 spiro atoms. The van der Waals surface area contributed by atoms with Crippen molar-refractivity contribution in [2.24, 2.45) is 5.10 Å². The Morgan fingerprint density at radius 1 is 1.06 bits per heavy atom. The highest BCUT2D eigenvalue weighted by atomic mass is 32.2. The molecule has 0 heterocycles. The quantitative estimate of drug-likeness (QED) is 0.294. The van der Waals surface area contributed by atoms with E-state index in [9.17, 15) is 18.5 Å². The Balaban J connectivity index is 2.54. The first-order valence-corrected chi connectivity index (χ1v) is 11.5. The Morgan fingerprint density at radius 3 is 2.09 bits per heavy atom. The van der Waals surface area contributed by atoms with Crippen molar-refractivity contribution >= 4 is 27.1 Å². The van der Waals surface area contributed by atoms with Crippen LogP contribution in [-0.2, 0) is 10.0 Å². The van der Waals surface area contributed by atoms with Crippen molar-refractivity contribution in [1.82, 2.24) is 4.31 Å². The maximum Gasteiger partial charge on any atom is 0.270 e. The number of hydrogen-bond donors (Lipinski definition) is 1. The second-order valence-corrected chi connectivity index (χ2v) is 8.66. The third-order valence-corrected chi connectivity index (χ3v) is 7.02. The van der Waals surface area contributed by atoms with Crippen LogP contribution in [0.1, 0.15) is 26.3 Å². The summed E-state index contributed by atoms with van der Waals surface area (Å²) >= 11 is 0. The third-order valence-electron chi connectivity index (χ3n) is 4.93. The van der Waals surface area contributed by atoms with E-state index in [-0.39, 0.29) is 29.4 Å². The normalized spacial score (nSPS) is 11.9. The van der Waals surface area contributed by atoms with Gasteiger partial charge >= 0.3 is 0 Å². The summed E-state index contributed by atoms with van der Waals surface area (Å²) in [6, 6.07) is 6.96. The molecule has 0 aliphatic rings. The average molecular weight is 481 g/mol. The predicted molar refractivity (Wildman–Crippen MR) is 125 cm³/mol. The van der Waals surface area contributed by atoms with E-state index in [0.29, 0.717) is 28.5 Å². The monoisotopic (exact) mass is 480 g/mol. The van der Waals surface area contributed by atoms with Gasteiger partial charge in [0, 0.05) is 30.8 Å². The lowest BCUT2D eigenvalue weighted by atomic mass is 10.1. The molecular weight excluding hydrogens is 452 g/mol. The van der Waals surface area contributed by atoms with Crippen LogP contribution < -0.4 is 19.6 Å². The van der Waals surface area contributed by atoms with Crippen molar-refractivity contribution in [1.29, 1.82) is 0 Å². The summed E-state index contributed by atoms with van der Waals surface area (Å²) in [5.41, 5.74) is 3.63.